The summed E-state index contributed by atoms with van der Waals surface area (Å²) in [7, 11) is 0. The average Bonchev–Trinajstić information content (AvgIpc) is 1.88. The van der Waals surface area contributed by atoms with Gasteiger partial charge < -0.3 is 10.5 Å². The van der Waals surface area contributed by atoms with Gasteiger partial charge in [-0.1, -0.05) is 12.2 Å². The number of carboxylic acids is 1. The van der Waals surface area contributed by atoms with E-state index in [1.165, 1.54) is 0 Å². The summed E-state index contributed by atoms with van der Waals surface area (Å²) >= 11 is 0. The van der Waals surface area contributed by atoms with Crippen LogP contribution in [-0.4, -0.2) is 16.8 Å². The first-order chi connectivity index (χ1) is 4.70. The van der Waals surface area contributed by atoms with Crippen LogP contribution in [0.5, 0.6) is 0 Å². The minimum absolute atomic E-state index is 0.381. The zero-order valence-corrected chi connectivity index (χ0v) is 5.50. The lowest BCUT2D eigenvalue weighted by molar-refractivity contribution is -0.139. The quantitative estimate of drug-likeness (QED) is 0.533. The van der Waals surface area contributed by atoms with Crippen molar-refractivity contribution in [1.29, 1.82) is 5.41 Å². The second kappa shape index (κ2) is 2.64. The Labute approximate surface area is 58.9 Å². The van der Waals surface area contributed by atoms with Crippen molar-refractivity contribution in [3.05, 3.63) is 12.2 Å². The highest BCUT2D eigenvalue weighted by Crippen LogP contribution is 2.13. The highest BCUT2D eigenvalue weighted by molar-refractivity contribution is 5.89. The van der Waals surface area contributed by atoms with Crippen LogP contribution in [0.4, 0.5) is 0 Å². The molecule has 0 fully saturated rings. The molecule has 54 valence electrons. The van der Waals surface area contributed by atoms with Crippen LogP contribution in [0.3, 0.4) is 0 Å². The van der Waals surface area contributed by atoms with Gasteiger partial charge >= 0.3 is 5.97 Å². The number of allylic oxidation sites excluding steroid dienone is 1. The molecule has 0 aromatic rings. The molecule has 10 heavy (non-hydrogen) atoms. The van der Waals surface area contributed by atoms with Crippen LogP contribution < -0.4 is 0 Å². The Hall–Kier alpha value is -1.12. The van der Waals surface area contributed by atoms with Gasteiger partial charge in [0.2, 0.25) is 0 Å². The van der Waals surface area contributed by atoms with Crippen molar-refractivity contribution in [1.82, 2.24) is 0 Å². The smallest absolute Gasteiger partial charge is 0.310 e. The van der Waals surface area contributed by atoms with Crippen molar-refractivity contribution >= 4 is 11.7 Å². The molecule has 0 amide bonds. The van der Waals surface area contributed by atoms with E-state index in [9.17, 15) is 4.79 Å². The molecular formula is C7H9NO2. The molecular weight excluding hydrogens is 130 g/mol. The molecule has 1 aliphatic carbocycles. The predicted octanol–water partition coefficient (Wildman–Crippen LogP) is 1.06. The number of hydrogen-bond donors (Lipinski definition) is 2. The standard InChI is InChI=1S/C7H9NO2/c8-6-3-1-2-5(4-6)7(9)10/h1-2,5,8H,3-4H2,(H,9,10). The summed E-state index contributed by atoms with van der Waals surface area (Å²) in [5.41, 5.74) is 0.509. The second-order valence-electron chi connectivity index (χ2n) is 2.38. The summed E-state index contributed by atoms with van der Waals surface area (Å²) in [6, 6.07) is 0. The molecule has 0 aromatic heterocycles. The Morgan fingerprint density at radius 1 is 1.80 bits per heavy atom. The molecule has 0 radical (unpaired) electrons. The Kier molecular flexibility index (Phi) is 1.85. The van der Waals surface area contributed by atoms with Gasteiger partial charge in [0, 0.05) is 18.6 Å². The Bertz CT molecular complexity index is 196. The van der Waals surface area contributed by atoms with Crippen LogP contribution in [0, 0.1) is 11.3 Å². The van der Waals surface area contributed by atoms with Crippen LogP contribution in [0.2, 0.25) is 0 Å². The van der Waals surface area contributed by atoms with E-state index < -0.39 is 11.9 Å². The molecule has 0 saturated heterocycles. The fourth-order valence-corrected chi connectivity index (χ4v) is 0.961. The molecule has 3 nitrogen and oxygen atoms in total. The number of carboxylic acid groups (broad SMARTS) is 1. The maximum atomic E-state index is 10.4. The number of nitrogens with one attached hydrogen (secondary N) is 1. The molecule has 0 bridgehead atoms. The molecule has 1 rings (SSSR count). The minimum atomic E-state index is -0.833. The van der Waals surface area contributed by atoms with Crippen LogP contribution in [0.1, 0.15) is 12.8 Å². The van der Waals surface area contributed by atoms with Gasteiger partial charge in [-0.15, -0.1) is 0 Å². The topological polar surface area (TPSA) is 61.2 Å². The van der Waals surface area contributed by atoms with Crippen molar-refractivity contribution < 1.29 is 9.90 Å². The van der Waals surface area contributed by atoms with Gasteiger partial charge in [0.15, 0.2) is 0 Å². The number of hydrogen-bond acceptors (Lipinski definition) is 2. The normalized spacial score (nSPS) is 24.8. The number of carbonyl (C=O) groups is 1. The average molecular weight is 139 g/mol. The van der Waals surface area contributed by atoms with Gasteiger partial charge in [-0.3, -0.25) is 4.79 Å². The summed E-state index contributed by atoms with van der Waals surface area (Å²) < 4.78 is 0. The zero-order chi connectivity index (χ0) is 7.56. The van der Waals surface area contributed by atoms with E-state index in [1.807, 2.05) is 0 Å². The minimum Gasteiger partial charge on any atom is -0.481 e. The molecule has 1 aliphatic rings. The van der Waals surface area contributed by atoms with Gasteiger partial charge in [0.05, 0.1) is 5.92 Å². The van der Waals surface area contributed by atoms with Gasteiger partial charge in [-0.25, -0.2) is 0 Å². The molecule has 1 unspecified atom stereocenters. The maximum Gasteiger partial charge on any atom is 0.310 e. The highest BCUT2D eigenvalue weighted by atomic mass is 16.4. The predicted molar refractivity (Wildman–Crippen MR) is 37.2 cm³/mol. The Balaban J connectivity index is 2.64. The summed E-state index contributed by atoms with van der Waals surface area (Å²) in [6.45, 7) is 0. The third-order valence-corrected chi connectivity index (χ3v) is 1.52. The zero-order valence-electron chi connectivity index (χ0n) is 5.50. The number of aliphatic carboxylic acids is 1. The van der Waals surface area contributed by atoms with Gasteiger partial charge in [0.25, 0.3) is 0 Å². The first kappa shape index (κ1) is 6.99. The van der Waals surface area contributed by atoms with Crippen LogP contribution in [0.25, 0.3) is 0 Å². The van der Waals surface area contributed by atoms with Crippen LogP contribution >= 0.6 is 0 Å². The first-order valence-corrected chi connectivity index (χ1v) is 3.16. The van der Waals surface area contributed by atoms with E-state index >= 15 is 0 Å². The number of rotatable bonds is 1. The fraction of sp³-hybridized carbons (Fsp3) is 0.429. The molecule has 0 aromatic carbocycles. The summed E-state index contributed by atoms with van der Waals surface area (Å²) in [6.07, 6.45) is 4.39. The van der Waals surface area contributed by atoms with Gasteiger partial charge in [-0.2, -0.15) is 0 Å². The lowest BCUT2D eigenvalue weighted by Crippen LogP contribution is -2.17. The van der Waals surface area contributed by atoms with Gasteiger partial charge in [0.1, 0.15) is 0 Å². The van der Waals surface area contributed by atoms with E-state index in [0.717, 1.165) is 0 Å². The monoisotopic (exact) mass is 139 g/mol. The SMILES string of the molecule is N=C1CC=CC(C(=O)O)C1. The molecule has 2 N–H and O–H groups in total. The van der Waals surface area contributed by atoms with E-state index in [2.05, 4.69) is 0 Å². The third kappa shape index (κ3) is 1.43. The molecule has 0 saturated carbocycles. The lowest BCUT2D eigenvalue weighted by Gasteiger charge is -2.11. The largest absolute Gasteiger partial charge is 0.481 e. The van der Waals surface area contributed by atoms with Crippen molar-refractivity contribution in [2.24, 2.45) is 5.92 Å². The molecule has 0 spiro atoms. The van der Waals surface area contributed by atoms with E-state index in [4.69, 9.17) is 10.5 Å². The van der Waals surface area contributed by atoms with Gasteiger partial charge in [-0.05, 0) is 0 Å². The van der Waals surface area contributed by atoms with Crippen molar-refractivity contribution in [2.75, 3.05) is 0 Å². The molecule has 1 atom stereocenters. The molecule has 3 heteroatoms. The maximum absolute atomic E-state index is 10.4. The Morgan fingerprint density at radius 3 is 2.90 bits per heavy atom. The molecule has 0 heterocycles. The van der Waals surface area contributed by atoms with Crippen molar-refractivity contribution in [3.8, 4) is 0 Å². The molecule has 0 aliphatic heterocycles. The fourth-order valence-electron chi connectivity index (χ4n) is 0.961. The Morgan fingerprint density at radius 2 is 2.50 bits per heavy atom. The third-order valence-electron chi connectivity index (χ3n) is 1.52. The summed E-state index contributed by atoms with van der Waals surface area (Å²) in [4.78, 5) is 10.4. The first-order valence-electron chi connectivity index (χ1n) is 3.16. The van der Waals surface area contributed by atoms with E-state index in [0.29, 0.717) is 18.6 Å². The second-order valence-corrected chi connectivity index (χ2v) is 2.38. The lowest BCUT2D eigenvalue weighted by atomic mass is 9.95. The van der Waals surface area contributed by atoms with Crippen LogP contribution in [-0.2, 0) is 4.79 Å². The summed E-state index contributed by atoms with van der Waals surface area (Å²) in [5, 5.41) is 15.7. The van der Waals surface area contributed by atoms with Crippen molar-refractivity contribution in [3.63, 3.8) is 0 Å². The summed E-state index contributed by atoms with van der Waals surface area (Å²) in [5.74, 6) is -1.29. The van der Waals surface area contributed by atoms with Crippen LogP contribution in [0.15, 0.2) is 12.2 Å². The highest BCUT2D eigenvalue weighted by Gasteiger charge is 2.18. The van der Waals surface area contributed by atoms with E-state index in [-0.39, 0.29) is 0 Å². The van der Waals surface area contributed by atoms with E-state index in [1.54, 1.807) is 12.2 Å². The van der Waals surface area contributed by atoms with Crippen molar-refractivity contribution in [2.45, 2.75) is 12.8 Å².